The van der Waals surface area contributed by atoms with E-state index in [1.165, 1.54) is 12.0 Å². The first-order valence-electron chi connectivity index (χ1n) is 12.9. The van der Waals surface area contributed by atoms with Crippen LogP contribution < -0.4 is 15.1 Å². The van der Waals surface area contributed by atoms with Gasteiger partial charge in [0.25, 0.3) is 0 Å². The zero-order valence-corrected chi connectivity index (χ0v) is 23.4. The summed E-state index contributed by atoms with van der Waals surface area (Å²) >= 11 is 12.9. The maximum absolute atomic E-state index is 6.95. The summed E-state index contributed by atoms with van der Waals surface area (Å²) in [6, 6.07) is 14.5. The van der Waals surface area contributed by atoms with Gasteiger partial charge in [-0.15, -0.1) is 0 Å². The van der Waals surface area contributed by atoms with Crippen molar-refractivity contribution in [3.8, 4) is 0 Å². The molecule has 4 heterocycles. The Balaban J connectivity index is 1.53. The van der Waals surface area contributed by atoms with Crippen LogP contribution in [0.5, 0.6) is 0 Å². The Bertz CT molecular complexity index is 1220. The third kappa shape index (κ3) is 4.85. The van der Waals surface area contributed by atoms with Crippen LogP contribution >= 0.6 is 23.8 Å². The molecule has 2 fully saturated rings. The van der Waals surface area contributed by atoms with Crippen molar-refractivity contribution in [2.45, 2.75) is 58.7 Å². The minimum Gasteiger partial charge on any atom is -0.370 e. The summed E-state index contributed by atoms with van der Waals surface area (Å²) in [5.41, 5.74) is 4.24. The quantitative estimate of drug-likeness (QED) is 0.376. The second kappa shape index (κ2) is 9.71. The summed E-state index contributed by atoms with van der Waals surface area (Å²) in [4.78, 5) is 9.31. The van der Waals surface area contributed by atoms with E-state index in [9.17, 15) is 0 Å². The third-order valence-corrected chi connectivity index (χ3v) is 7.97. The van der Waals surface area contributed by atoms with Gasteiger partial charge in [0.1, 0.15) is 0 Å². The topological polar surface area (TPSA) is 36.3 Å². The zero-order chi connectivity index (χ0) is 25.6. The summed E-state index contributed by atoms with van der Waals surface area (Å²) in [6.45, 7) is 13.4. The number of rotatable bonds is 4. The zero-order valence-electron chi connectivity index (χ0n) is 21.8. The number of hydrogen-bond donors (Lipinski definition) is 1. The van der Waals surface area contributed by atoms with E-state index in [0.717, 1.165) is 35.2 Å². The molecule has 0 spiro atoms. The largest absolute Gasteiger partial charge is 0.370 e. The molecule has 0 amide bonds. The van der Waals surface area contributed by atoms with Crippen LogP contribution in [0.15, 0.2) is 61.1 Å². The van der Waals surface area contributed by atoms with Crippen LogP contribution in [0.2, 0.25) is 5.02 Å². The lowest BCUT2D eigenvalue weighted by Gasteiger charge is -2.37. The summed E-state index contributed by atoms with van der Waals surface area (Å²) in [5, 5.41) is 5.01. The van der Waals surface area contributed by atoms with Gasteiger partial charge in [-0.3, -0.25) is 4.98 Å². The van der Waals surface area contributed by atoms with E-state index in [1.54, 1.807) is 0 Å². The fourth-order valence-corrected chi connectivity index (χ4v) is 6.38. The van der Waals surface area contributed by atoms with Crippen molar-refractivity contribution in [3.63, 3.8) is 0 Å². The molecule has 4 unspecified atom stereocenters. The second-order valence-corrected chi connectivity index (χ2v) is 12.3. The number of benzene rings is 1. The van der Waals surface area contributed by atoms with Gasteiger partial charge in [-0.05, 0) is 93.2 Å². The highest BCUT2D eigenvalue weighted by Gasteiger charge is 2.41. The monoisotopic (exact) mass is 521 g/mol. The van der Waals surface area contributed by atoms with Crippen LogP contribution in [0, 0.1) is 11.8 Å². The summed E-state index contributed by atoms with van der Waals surface area (Å²) in [7, 11) is 0. The molecule has 2 aromatic heterocycles. The Labute approximate surface area is 225 Å². The van der Waals surface area contributed by atoms with Gasteiger partial charge in [0.2, 0.25) is 0 Å². The van der Waals surface area contributed by atoms with Gasteiger partial charge >= 0.3 is 0 Å². The summed E-state index contributed by atoms with van der Waals surface area (Å²) in [5.74, 6) is 1.32. The lowest BCUT2D eigenvalue weighted by molar-refractivity contribution is 0.357. The van der Waals surface area contributed by atoms with E-state index < -0.39 is 0 Å². The van der Waals surface area contributed by atoms with Gasteiger partial charge in [0.15, 0.2) is 5.11 Å². The number of halogens is 1. The number of anilines is 2. The Morgan fingerprint density at radius 1 is 1.06 bits per heavy atom. The number of thiocarbonyl (C=S) groups is 1. The molecule has 7 heteroatoms. The average Bonchev–Trinajstić information content (AvgIpc) is 3.43. The molecular weight excluding hydrogens is 486 g/mol. The van der Waals surface area contributed by atoms with E-state index in [2.05, 4.69) is 102 Å². The Morgan fingerprint density at radius 3 is 2.42 bits per heavy atom. The molecule has 36 heavy (non-hydrogen) atoms. The van der Waals surface area contributed by atoms with E-state index in [0.29, 0.717) is 16.9 Å². The van der Waals surface area contributed by atoms with Crippen LogP contribution in [0.25, 0.3) is 0 Å². The Hall–Kier alpha value is -2.57. The highest BCUT2D eigenvalue weighted by atomic mass is 35.5. The normalized spacial score (nSPS) is 24.8. The van der Waals surface area contributed by atoms with E-state index in [-0.39, 0.29) is 17.6 Å². The van der Waals surface area contributed by atoms with Gasteiger partial charge in [-0.1, -0.05) is 31.5 Å². The summed E-state index contributed by atoms with van der Waals surface area (Å²) < 4.78 is 2.26. The van der Waals surface area contributed by atoms with Crippen molar-refractivity contribution in [1.29, 1.82) is 0 Å². The lowest BCUT2D eigenvalue weighted by Crippen LogP contribution is -2.38. The molecule has 190 valence electrons. The SMILES string of the molecule is CC1CC(C)CN(c2ccc(N3C(=S)NC(c4ccccn4)C3c3ccn(C(C)(C)C)c3)cc2Cl)C1. The molecule has 4 atom stereocenters. The highest BCUT2D eigenvalue weighted by molar-refractivity contribution is 7.80. The van der Waals surface area contributed by atoms with Crippen molar-refractivity contribution in [2.24, 2.45) is 11.8 Å². The van der Waals surface area contributed by atoms with E-state index in [4.69, 9.17) is 23.8 Å². The number of nitrogens with one attached hydrogen (secondary N) is 1. The van der Waals surface area contributed by atoms with Gasteiger partial charge in [0.05, 0.1) is 28.5 Å². The Morgan fingerprint density at radius 2 is 1.81 bits per heavy atom. The van der Waals surface area contributed by atoms with Crippen LogP contribution in [-0.4, -0.2) is 27.8 Å². The molecule has 5 nitrogen and oxygen atoms in total. The minimum atomic E-state index is -0.0724. The molecule has 3 aromatic rings. The van der Waals surface area contributed by atoms with Crippen LogP contribution in [0.1, 0.15) is 64.4 Å². The molecule has 2 aliphatic heterocycles. The smallest absolute Gasteiger partial charge is 0.174 e. The predicted octanol–water partition coefficient (Wildman–Crippen LogP) is 6.95. The standard InChI is InChI=1S/C29H36ClN5S/c1-19-14-20(2)17-33(16-19)25-10-9-22(15-23(25)30)35-27(21-11-13-34(18-21)29(3,4)5)26(32-28(35)36)24-8-6-7-12-31-24/h6-13,15,18-20,26-27H,14,16-17H2,1-5H3,(H,32,36). The second-order valence-electron chi connectivity index (χ2n) is 11.5. The maximum Gasteiger partial charge on any atom is 0.174 e. The number of piperidine rings is 1. The number of aromatic nitrogens is 2. The molecule has 0 saturated carbocycles. The third-order valence-electron chi connectivity index (χ3n) is 7.35. The fraction of sp³-hybridized carbons (Fsp3) is 0.448. The number of pyridine rings is 1. The first kappa shape index (κ1) is 25.1. The molecule has 0 radical (unpaired) electrons. The molecule has 2 aliphatic rings. The van der Waals surface area contributed by atoms with E-state index >= 15 is 0 Å². The van der Waals surface area contributed by atoms with E-state index in [1.807, 2.05) is 18.3 Å². The number of nitrogens with zero attached hydrogens (tertiary/aromatic N) is 4. The average molecular weight is 522 g/mol. The first-order chi connectivity index (χ1) is 17.1. The number of hydrogen-bond acceptors (Lipinski definition) is 3. The van der Waals surface area contributed by atoms with Crippen molar-refractivity contribution in [2.75, 3.05) is 22.9 Å². The van der Waals surface area contributed by atoms with Crippen molar-refractivity contribution in [1.82, 2.24) is 14.9 Å². The fourth-order valence-electron chi connectivity index (χ4n) is 5.74. The maximum atomic E-state index is 6.95. The molecule has 1 aromatic carbocycles. The van der Waals surface area contributed by atoms with Gasteiger partial charge in [-0.2, -0.15) is 0 Å². The molecule has 0 aliphatic carbocycles. The Kier molecular flexibility index (Phi) is 6.77. The summed E-state index contributed by atoms with van der Waals surface area (Å²) in [6.07, 6.45) is 7.49. The molecule has 0 bridgehead atoms. The molecular formula is C29H36ClN5S. The van der Waals surface area contributed by atoms with Crippen molar-refractivity contribution < 1.29 is 0 Å². The molecule has 2 saturated heterocycles. The predicted molar refractivity (Wildman–Crippen MR) is 154 cm³/mol. The van der Waals surface area contributed by atoms with Gasteiger partial charge < -0.3 is 19.7 Å². The first-order valence-corrected chi connectivity index (χ1v) is 13.6. The molecule has 5 rings (SSSR count). The molecule has 1 N–H and O–H groups in total. The highest BCUT2D eigenvalue weighted by Crippen LogP contribution is 2.44. The van der Waals surface area contributed by atoms with Gasteiger partial charge in [-0.25, -0.2) is 0 Å². The van der Waals surface area contributed by atoms with Crippen molar-refractivity contribution >= 4 is 40.3 Å². The lowest BCUT2D eigenvalue weighted by atomic mass is 9.91. The van der Waals surface area contributed by atoms with Crippen LogP contribution in [-0.2, 0) is 5.54 Å². The van der Waals surface area contributed by atoms with Gasteiger partial charge in [0, 0.05) is 42.9 Å². The van der Waals surface area contributed by atoms with Crippen LogP contribution in [0.3, 0.4) is 0 Å². The van der Waals surface area contributed by atoms with Crippen molar-refractivity contribution in [3.05, 3.63) is 77.3 Å². The van der Waals surface area contributed by atoms with Crippen LogP contribution in [0.4, 0.5) is 11.4 Å². The minimum absolute atomic E-state index is 0.0101.